The molecule has 0 aliphatic carbocycles. The zero-order valence-electron chi connectivity index (χ0n) is 10.8. The Bertz CT molecular complexity index is 602. The van der Waals surface area contributed by atoms with Crippen molar-refractivity contribution in [3.8, 4) is 0 Å². The lowest BCUT2D eigenvalue weighted by atomic mass is 10.1. The van der Waals surface area contributed by atoms with Crippen LogP contribution in [0, 0.1) is 0 Å². The van der Waals surface area contributed by atoms with E-state index >= 15 is 0 Å². The number of nitrogens with one attached hydrogen (secondary N) is 3. The molecular formula is C13H15N3O4. The average Bonchev–Trinajstić information content (AvgIpc) is 2.87. The van der Waals surface area contributed by atoms with Crippen LogP contribution in [0.2, 0.25) is 0 Å². The van der Waals surface area contributed by atoms with E-state index in [0.717, 1.165) is 10.9 Å². The van der Waals surface area contributed by atoms with Gasteiger partial charge in [-0.2, -0.15) is 0 Å². The van der Waals surface area contributed by atoms with Gasteiger partial charge in [0, 0.05) is 10.9 Å². The minimum absolute atomic E-state index is 0.266. The molecule has 1 aromatic heterocycles. The lowest BCUT2D eigenvalue weighted by Gasteiger charge is -2.18. The highest BCUT2D eigenvalue weighted by molar-refractivity contribution is 6.00. The van der Waals surface area contributed by atoms with Gasteiger partial charge in [0.25, 0.3) is 11.8 Å². The standard InChI is InChI=1S/C13H15N3O4/c1-7(17)11(13(19)16-20)15-12(18)10-6-8-4-2-3-5-9(8)14-10/h2-7,11,14,17,20H,1H3,(H,15,18)(H,16,19). The van der Waals surface area contributed by atoms with E-state index in [-0.39, 0.29) is 5.69 Å². The van der Waals surface area contributed by atoms with Gasteiger partial charge in [0.2, 0.25) is 0 Å². The van der Waals surface area contributed by atoms with Gasteiger partial charge in [0.15, 0.2) is 0 Å². The zero-order valence-corrected chi connectivity index (χ0v) is 10.8. The van der Waals surface area contributed by atoms with Crippen LogP contribution in [-0.4, -0.2) is 39.3 Å². The van der Waals surface area contributed by atoms with Gasteiger partial charge in [-0.05, 0) is 19.1 Å². The van der Waals surface area contributed by atoms with Crippen molar-refractivity contribution in [3.05, 3.63) is 36.0 Å². The Morgan fingerprint density at radius 2 is 2.00 bits per heavy atom. The van der Waals surface area contributed by atoms with Crippen molar-refractivity contribution in [2.75, 3.05) is 0 Å². The molecule has 0 aliphatic rings. The number of aromatic amines is 1. The van der Waals surface area contributed by atoms with Crippen LogP contribution in [-0.2, 0) is 4.79 Å². The third-order valence-electron chi connectivity index (χ3n) is 2.94. The highest BCUT2D eigenvalue weighted by Crippen LogP contribution is 2.14. The monoisotopic (exact) mass is 277 g/mol. The number of rotatable bonds is 4. The van der Waals surface area contributed by atoms with Crippen molar-refractivity contribution in [1.29, 1.82) is 0 Å². The first-order valence-electron chi connectivity index (χ1n) is 6.03. The molecule has 0 bridgehead atoms. The summed E-state index contributed by atoms with van der Waals surface area (Å²) >= 11 is 0. The van der Waals surface area contributed by atoms with E-state index in [1.165, 1.54) is 12.4 Å². The molecule has 106 valence electrons. The summed E-state index contributed by atoms with van der Waals surface area (Å²) in [6.07, 6.45) is -1.14. The largest absolute Gasteiger partial charge is 0.391 e. The second kappa shape index (κ2) is 5.72. The molecule has 0 spiro atoms. The molecule has 2 aromatic rings. The van der Waals surface area contributed by atoms with Crippen molar-refractivity contribution in [2.45, 2.75) is 19.1 Å². The first-order valence-corrected chi connectivity index (χ1v) is 6.03. The maximum absolute atomic E-state index is 12.0. The Labute approximate surface area is 114 Å². The second-order valence-electron chi connectivity index (χ2n) is 4.44. The number of aliphatic hydroxyl groups excluding tert-OH is 1. The van der Waals surface area contributed by atoms with E-state index in [1.54, 1.807) is 6.07 Å². The molecule has 2 rings (SSSR count). The van der Waals surface area contributed by atoms with Crippen LogP contribution in [0.15, 0.2) is 30.3 Å². The predicted molar refractivity (Wildman–Crippen MR) is 71.2 cm³/mol. The summed E-state index contributed by atoms with van der Waals surface area (Å²) in [5, 5.41) is 21.2. The van der Waals surface area contributed by atoms with Gasteiger partial charge >= 0.3 is 0 Å². The molecule has 0 saturated heterocycles. The molecule has 2 atom stereocenters. The topological polar surface area (TPSA) is 114 Å². The second-order valence-corrected chi connectivity index (χ2v) is 4.44. The van der Waals surface area contributed by atoms with Crippen molar-refractivity contribution in [1.82, 2.24) is 15.8 Å². The Kier molecular flexibility index (Phi) is 4.02. The number of benzene rings is 1. The number of aliphatic hydroxyl groups is 1. The third kappa shape index (κ3) is 2.79. The number of carbonyl (C=O) groups is 2. The zero-order chi connectivity index (χ0) is 14.7. The van der Waals surface area contributed by atoms with Crippen molar-refractivity contribution in [3.63, 3.8) is 0 Å². The van der Waals surface area contributed by atoms with Crippen LogP contribution in [0.25, 0.3) is 10.9 Å². The molecule has 2 amide bonds. The number of H-pyrrole nitrogens is 1. The minimum atomic E-state index is -1.24. The van der Waals surface area contributed by atoms with Gasteiger partial charge < -0.3 is 15.4 Å². The van der Waals surface area contributed by atoms with Crippen LogP contribution in [0.1, 0.15) is 17.4 Å². The molecule has 2 unspecified atom stereocenters. The number of amides is 2. The van der Waals surface area contributed by atoms with E-state index in [1.807, 2.05) is 24.3 Å². The highest BCUT2D eigenvalue weighted by Gasteiger charge is 2.26. The maximum Gasteiger partial charge on any atom is 0.268 e. The third-order valence-corrected chi connectivity index (χ3v) is 2.94. The Balaban J connectivity index is 2.20. The number of hydrogen-bond donors (Lipinski definition) is 5. The number of hydrogen-bond acceptors (Lipinski definition) is 4. The number of carbonyl (C=O) groups excluding carboxylic acids is 2. The fraction of sp³-hybridized carbons (Fsp3) is 0.231. The SMILES string of the molecule is CC(O)C(NC(=O)c1cc2ccccc2[nH]1)C(=O)NO. The number of fused-ring (bicyclic) bond motifs is 1. The Morgan fingerprint density at radius 3 is 2.60 bits per heavy atom. The minimum Gasteiger partial charge on any atom is -0.391 e. The predicted octanol–water partition coefficient (Wildman–Crippen LogP) is 0.152. The molecule has 1 heterocycles. The van der Waals surface area contributed by atoms with E-state index in [9.17, 15) is 14.7 Å². The molecule has 1 aromatic carbocycles. The van der Waals surface area contributed by atoms with Gasteiger partial charge in [-0.1, -0.05) is 18.2 Å². The normalized spacial score (nSPS) is 13.8. The van der Waals surface area contributed by atoms with Gasteiger partial charge in [0.05, 0.1) is 6.10 Å². The van der Waals surface area contributed by atoms with Gasteiger partial charge in [-0.25, -0.2) is 5.48 Å². The molecular weight excluding hydrogens is 262 g/mol. The molecule has 0 aliphatic heterocycles. The molecule has 20 heavy (non-hydrogen) atoms. The number of aromatic nitrogens is 1. The van der Waals surface area contributed by atoms with Crippen LogP contribution in [0.4, 0.5) is 0 Å². The number of para-hydroxylation sites is 1. The van der Waals surface area contributed by atoms with Crippen LogP contribution < -0.4 is 10.8 Å². The fourth-order valence-corrected chi connectivity index (χ4v) is 1.89. The molecule has 0 fully saturated rings. The summed E-state index contributed by atoms with van der Waals surface area (Å²) in [6.45, 7) is 1.34. The van der Waals surface area contributed by atoms with Gasteiger partial charge in [-0.3, -0.25) is 14.8 Å². The smallest absolute Gasteiger partial charge is 0.268 e. The summed E-state index contributed by atoms with van der Waals surface area (Å²) < 4.78 is 0. The molecule has 0 saturated carbocycles. The summed E-state index contributed by atoms with van der Waals surface area (Å²) in [7, 11) is 0. The van der Waals surface area contributed by atoms with Gasteiger partial charge in [0.1, 0.15) is 11.7 Å². The van der Waals surface area contributed by atoms with E-state index in [4.69, 9.17) is 5.21 Å². The van der Waals surface area contributed by atoms with E-state index in [2.05, 4.69) is 10.3 Å². The quantitative estimate of drug-likeness (QED) is 0.404. The van der Waals surface area contributed by atoms with E-state index < -0.39 is 24.0 Å². The van der Waals surface area contributed by atoms with Crippen molar-refractivity contribution < 1.29 is 19.9 Å². The number of hydroxylamine groups is 1. The lowest BCUT2D eigenvalue weighted by molar-refractivity contribution is -0.133. The molecule has 0 radical (unpaired) electrons. The molecule has 7 nitrogen and oxygen atoms in total. The summed E-state index contributed by atoms with van der Waals surface area (Å²) in [6, 6.07) is 7.74. The molecule has 7 heteroatoms. The van der Waals surface area contributed by atoms with E-state index in [0.29, 0.717) is 0 Å². The Morgan fingerprint density at radius 1 is 1.30 bits per heavy atom. The average molecular weight is 277 g/mol. The Hall–Kier alpha value is -2.38. The van der Waals surface area contributed by atoms with Crippen molar-refractivity contribution >= 4 is 22.7 Å². The van der Waals surface area contributed by atoms with Gasteiger partial charge in [-0.15, -0.1) is 0 Å². The lowest BCUT2D eigenvalue weighted by Crippen LogP contribution is -2.51. The summed E-state index contributed by atoms with van der Waals surface area (Å²) in [5.41, 5.74) is 2.46. The van der Waals surface area contributed by atoms with Crippen LogP contribution >= 0.6 is 0 Å². The van der Waals surface area contributed by atoms with Crippen molar-refractivity contribution in [2.24, 2.45) is 0 Å². The highest BCUT2D eigenvalue weighted by atomic mass is 16.5. The first kappa shape index (κ1) is 14.0. The first-order chi connectivity index (χ1) is 9.52. The fourth-order valence-electron chi connectivity index (χ4n) is 1.89. The van der Waals surface area contributed by atoms with Crippen LogP contribution in [0.5, 0.6) is 0 Å². The maximum atomic E-state index is 12.0. The molecule has 5 N–H and O–H groups in total. The van der Waals surface area contributed by atoms with Crippen LogP contribution in [0.3, 0.4) is 0 Å². The summed E-state index contributed by atoms with van der Waals surface area (Å²) in [4.78, 5) is 26.3. The summed E-state index contributed by atoms with van der Waals surface area (Å²) in [5.74, 6) is -1.43.